The summed E-state index contributed by atoms with van der Waals surface area (Å²) < 4.78 is 5.62. The molecule has 3 aliphatic heterocycles. The first-order valence-electron chi connectivity index (χ1n) is 11.3. The van der Waals surface area contributed by atoms with Gasteiger partial charge in [0.1, 0.15) is 24.7 Å². The summed E-state index contributed by atoms with van der Waals surface area (Å²) in [7, 11) is 0. The lowest BCUT2D eigenvalue weighted by molar-refractivity contribution is -0.929. The van der Waals surface area contributed by atoms with Gasteiger partial charge in [-0.1, -0.05) is 30.3 Å². The Labute approximate surface area is 178 Å². The minimum Gasteiger partial charge on any atom is -0.375 e. The van der Waals surface area contributed by atoms with E-state index in [9.17, 15) is 5.26 Å². The van der Waals surface area contributed by atoms with Crippen LogP contribution in [0.2, 0.25) is 0 Å². The Morgan fingerprint density at radius 1 is 0.967 bits per heavy atom. The zero-order chi connectivity index (χ0) is 20.3. The van der Waals surface area contributed by atoms with Gasteiger partial charge in [-0.15, -0.1) is 0 Å². The molecule has 0 bridgehead atoms. The van der Waals surface area contributed by atoms with E-state index in [0.29, 0.717) is 0 Å². The highest BCUT2D eigenvalue weighted by molar-refractivity contribution is 5.62. The molecule has 4 heterocycles. The summed E-state index contributed by atoms with van der Waals surface area (Å²) in [5, 5.41) is 10.1. The maximum absolute atomic E-state index is 10.1. The number of quaternary nitrogens is 1. The first-order chi connectivity index (χ1) is 14.8. The number of hydrogen-bond donors (Lipinski definition) is 1. The van der Waals surface area contributed by atoms with Crippen molar-refractivity contribution >= 4 is 11.6 Å². The Hall–Kier alpha value is -2.62. The predicted octanol–water partition coefficient (Wildman–Crippen LogP) is 0.950. The Kier molecular flexibility index (Phi) is 5.56. The molecular weight excluding hydrogens is 374 g/mol. The number of anilines is 2. The second kappa shape index (κ2) is 8.63. The van der Waals surface area contributed by atoms with Gasteiger partial charge < -0.3 is 9.64 Å². The third kappa shape index (κ3) is 3.76. The first kappa shape index (κ1) is 19.3. The number of fused-ring (bicyclic) bond motifs is 1. The Morgan fingerprint density at radius 3 is 2.43 bits per heavy atom. The summed E-state index contributed by atoms with van der Waals surface area (Å²) in [4.78, 5) is 10.1. The molecule has 1 aromatic carbocycles. The Balaban J connectivity index is 1.53. The van der Waals surface area contributed by atoms with E-state index in [1.54, 1.807) is 4.90 Å². The van der Waals surface area contributed by atoms with Gasteiger partial charge in [-0.3, -0.25) is 9.80 Å². The number of H-pyrrole nitrogens is 1. The maximum atomic E-state index is 10.1. The second-order valence-corrected chi connectivity index (χ2v) is 8.65. The van der Waals surface area contributed by atoms with Gasteiger partial charge in [0.2, 0.25) is 11.6 Å². The van der Waals surface area contributed by atoms with Crippen LogP contribution in [0.4, 0.5) is 11.6 Å². The number of morpholine rings is 1. The molecule has 30 heavy (non-hydrogen) atoms. The van der Waals surface area contributed by atoms with Crippen molar-refractivity contribution in [2.24, 2.45) is 0 Å². The third-order valence-electron chi connectivity index (χ3n) is 6.74. The normalized spacial score (nSPS) is 21.4. The number of nitrogens with one attached hydrogen (secondary N) is 2. The van der Waals surface area contributed by atoms with Crippen LogP contribution in [0.1, 0.15) is 35.1 Å². The van der Waals surface area contributed by atoms with Crippen molar-refractivity contribution in [1.82, 2.24) is 0 Å². The molecule has 1 aromatic heterocycles. The molecule has 1 unspecified atom stereocenters. The molecule has 2 fully saturated rings. The van der Waals surface area contributed by atoms with Crippen LogP contribution in [-0.4, -0.2) is 45.9 Å². The molecular formula is C24H31N5O+2. The maximum Gasteiger partial charge on any atom is 0.240 e. The standard InChI is InChI=1S/C24H29N5O/c25-16-21-20-8-11-27(17-19-6-2-1-3-7-19)18-22(20)24(29-12-14-30-15-13-29)26-23(21)28-9-4-5-10-28/h1-3,6-7H,4-5,8-15,17-18H2/p+2. The summed E-state index contributed by atoms with van der Waals surface area (Å²) >= 11 is 0. The van der Waals surface area contributed by atoms with Crippen molar-refractivity contribution in [3.8, 4) is 6.07 Å². The van der Waals surface area contributed by atoms with Crippen LogP contribution < -0.4 is 19.7 Å². The predicted molar refractivity (Wildman–Crippen MR) is 116 cm³/mol. The highest BCUT2D eigenvalue weighted by Crippen LogP contribution is 2.31. The summed E-state index contributed by atoms with van der Waals surface area (Å²) in [5.41, 5.74) is 4.87. The monoisotopic (exact) mass is 405 g/mol. The molecule has 1 atom stereocenters. The van der Waals surface area contributed by atoms with Gasteiger partial charge in [-0.2, -0.15) is 5.26 Å². The van der Waals surface area contributed by atoms with Gasteiger partial charge in [0, 0.05) is 12.0 Å². The fourth-order valence-electron chi connectivity index (χ4n) is 5.18. The fourth-order valence-corrected chi connectivity index (χ4v) is 5.18. The number of benzene rings is 1. The third-order valence-corrected chi connectivity index (χ3v) is 6.74. The van der Waals surface area contributed by atoms with E-state index < -0.39 is 0 Å². The van der Waals surface area contributed by atoms with E-state index in [-0.39, 0.29) is 0 Å². The van der Waals surface area contributed by atoms with Gasteiger partial charge in [0.05, 0.1) is 51.5 Å². The molecule has 2 N–H and O–H groups in total. The highest BCUT2D eigenvalue weighted by atomic mass is 16.5. The average molecular weight is 406 g/mol. The molecule has 0 aliphatic carbocycles. The van der Waals surface area contributed by atoms with Crippen LogP contribution in [0.25, 0.3) is 0 Å². The lowest BCUT2D eigenvalue weighted by Crippen LogP contribution is -3.10. The number of nitriles is 1. The highest BCUT2D eigenvalue weighted by Gasteiger charge is 2.35. The molecule has 0 spiro atoms. The largest absolute Gasteiger partial charge is 0.375 e. The van der Waals surface area contributed by atoms with Gasteiger partial charge in [0.15, 0.2) is 0 Å². The summed E-state index contributed by atoms with van der Waals surface area (Å²) in [6.45, 7) is 8.48. The Morgan fingerprint density at radius 2 is 1.70 bits per heavy atom. The van der Waals surface area contributed by atoms with E-state index in [1.807, 2.05) is 0 Å². The average Bonchev–Trinajstić information content (AvgIpc) is 3.34. The van der Waals surface area contributed by atoms with Gasteiger partial charge in [0.25, 0.3) is 0 Å². The summed E-state index contributed by atoms with van der Waals surface area (Å²) in [6.07, 6.45) is 3.38. The van der Waals surface area contributed by atoms with Crippen molar-refractivity contribution in [2.45, 2.75) is 32.4 Å². The van der Waals surface area contributed by atoms with Crippen molar-refractivity contribution < 1.29 is 14.6 Å². The van der Waals surface area contributed by atoms with Crippen molar-refractivity contribution in [3.05, 3.63) is 52.6 Å². The molecule has 6 heteroatoms. The number of hydrogen-bond acceptors (Lipinski definition) is 4. The van der Waals surface area contributed by atoms with Crippen LogP contribution in [0.15, 0.2) is 30.3 Å². The van der Waals surface area contributed by atoms with E-state index in [1.165, 1.54) is 35.3 Å². The number of nitrogens with zero attached hydrogens (tertiary/aromatic N) is 3. The number of aromatic amines is 1. The molecule has 5 rings (SSSR count). The van der Waals surface area contributed by atoms with Crippen LogP contribution >= 0.6 is 0 Å². The molecule has 0 saturated carbocycles. The SMILES string of the molecule is N#Cc1c(N2CCCC2)[nH+]c(N2CCOCC2)c2c1CC[NH+](Cc1ccccc1)C2. The quantitative estimate of drug-likeness (QED) is 0.823. The molecule has 156 valence electrons. The van der Waals surface area contributed by atoms with Crippen molar-refractivity contribution in [2.75, 3.05) is 55.7 Å². The number of aromatic nitrogens is 1. The van der Waals surface area contributed by atoms with Crippen molar-refractivity contribution in [3.63, 3.8) is 0 Å². The molecule has 2 saturated heterocycles. The summed E-state index contributed by atoms with van der Waals surface area (Å²) in [5.74, 6) is 2.27. The van der Waals surface area contributed by atoms with Crippen LogP contribution in [0.3, 0.4) is 0 Å². The molecule has 2 aromatic rings. The Bertz CT molecular complexity index is 927. The molecule has 3 aliphatic rings. The minimum atomic E-state index is 0.766. The lowest BCUT2D eigenvalue weighted by atomic mass is 9.94. The topological polar surface area (TPSA) is 58.1 Å². The lowest BCUT2D eigenvalue weighted by Gasteiger charge is -2.32. The fraction of sp³-hybridized carbons (Fsp3) is 0.500. The molecule has 6 nitrogen and oxygen atoms in total. The van der Waals surface area contributed by atoms with Crippen molar-refractivity contribution in [1.29, 1.82) is 5.26 Å². The van der Waals surface area contributed by atoms with Gasteiger partial charge in [-0.25, -0.2) is 4.98 Å². The van der Waals surface area contributed by atoms with Crippen LogP contribution in [-0.2, 0) is 24.2 Å². The van der Waals surface area contributed by atoms with E-state index in [4.69, 9.17) is 4.74 Å². The van der Waals surface area contributed by atoms with Gasteiger partial charge in [-0.05, 0) is 18.4 Å². The minimum absolute atomic E-state index is 0.766. The number of ether oxygens (including phenoxy) is 1. The summed E-state index contributed by atoms with van der Waals surface area (Å²) in [6, 6.07) is 13.3. The zero-order valence-electron chi connectivity index (χ0n) is 17.6. The number of pyridine rings is 1. The van der Waals surface area contributed by atoms with E-state index >= 15 is 0 Å². The smallest absolute Gasteiger partial charge is 0.240 e. The van der Waals surface area contributed by atoms with Crippen LogP contribution in [0, 0.1) is 11.3 Å². The zero-order valence-corrected chi connectivity index (χ0v) is 17.6. The van der Waals surface area contributed by atoms with E-state index in [2.05, 4.69) is 51.2 Å². The van der Waals surface area contributed by atoms with Gasteiger partial charge >= 0.3 is 0 Å². The van der Waals surface area contributed by atoms with Crippen LogP contribution in [0.5, 0.6) is 0 Å². The number of rotatable bonds is 4. The second-order valence-electron chi connectivity index (χ2n) is 8.65. The molecule has 0 amide bonds. The first-order valence-corrected chi connectivity index (χ1v) is 11.3. The van der Waals surface area contributed by atoms with E-state index in [0.717, 1.165) is 76.8 Å². The molecule has 0 radical (unpaired) electrons.